The third kappa shape index (κ3) is 3.05. The SMILES string of the molecule is COC(=O)C(Cl)CNC(=O)c1csc2ccccc12. The van der Waals surface area contributed by atoms with Gasteiger partial charge in [0.2, 0.25) is 0 Å². The number of hydrogen-bond acceptors (Lipinski definition) is 4. The fraction of sp³-hybridized carbons (Fsp3) is 0.231. The minimum absolute atomic E-state index is 0.0389. The van der Waals surface area contributed by atoms with Gasteiger partial charge in [0.25, 0.3) is 5.91 Å². The largest absolute Gasteiger partial charge is 0.468 e. The van der Waals surface area contributed by atoms with E-state index >= 15 is 0 Å². The van der Waals surface area contributed by atoms with Crippen LogP contribution in [0.2, 0.25) is 0 Å². The topological polar surface area (TPSA) is 55.4 Å². The summed E-state index contributed by atoms with van der Waals surface area (Å²) in [7, 11) is 1.26. The average Bonchev–Trinajstić information content (AvgIpc) is 2.87. The summed E-state index contributed by atoms with van der Waals surface area (Å²) in [4.78, 5) is 23.1. The molecule has 0 bridgehead atoms. The van der Waals surface area contributed by atoms with E-state index in [-0.39, 0.29) is 12.5 Å². The van der Waals surface area contributed by atoms with Gasteiger partial charge in [0.1, 0.15) is 5.38 Å². The van der Waals surface area contributed by atoms with Crippen LogP contribution in [-0.2, 0) is 9.53 Å². The first-order valence-corrected chi connectivity index (χ1v) is 6.91. The number of amides is 1. The molecule has 1 unspecified atom stereocenters. The average molecular weight is 298 g/mol. The Morgan fingerprint density at radius 2 is 2.16 bits per heavy atom. The molecule has 1 heterocycles. The smallest absolute Gasteiger partial charge is 0.325 e. The monoisotopic (exact) mass is 297 g/mol. The van der Waals surface area contributed by atoms with Crippen LogP contribution in [0.25, 0.3) is 10.1 Å². The van der Waals surface area contributed by atoms with Gasteiger partial charge in [0, 0.05) is 22.0 Å². The summed E-state index contributed by atoms with van der Waals surface area (Å²) in [5.41, 5.74) is 0.592. The summed E-state index contributed by atoms with van der Waals surface area (Å²) in [6.45, 7) is 0.0389. The van der Waals surface area contributed by atoms with Crippen LogP contribution in [0.5, 0.6) is 0 Å². The molecule has 100 valence electrons. The number of alkyl halides is 1. The Labute approximate surface area is 119 Å². The lowest BCUT2D eigenvalue weighted by atomic mass is 10.1. The number of nitrogens with one attached hydrogen (secondary N) is 1. The number of fused-ring (bicyclic) bond motifs is 1. The number of esters is 1. The third-order valence-electron chi connectivity index (χ3n) is 2.62. The summed E-state index contributed by atoms with van der Waals surface area (Å²) in [5.74, 6) is -0.802. The molecule has 1 aromatic heterocycles. The van der Waals surface area contributed by atoms with Crippen molar-refractivity contribution in [3.05, 3.63) is 35.2 Å². The summed E-state index contributed by atoms with van der Waals surface area (Å²) < 4.78 is 5.53. The Hall–Kier alpha value is -1.59. The van der Waals surface area contributed by atoms with E-state index in [2.05, 4.69) is 10.1 Å². The zero-order valence-electron chi connectivity index (χ0n) is 10.2. The molecule has 0 aliphatic carbocycles. The van der Waals surface area contributed by atoms with Crippen LogP contribution in [0.4, 0.5) is 0 Å². The number of halogens is 1. The van der Waals surface area contributed by atoms with Crippen LogP contribution in [-0.4, -0.2) is 30.9 Å². The number of carbonyl (C=O) groups is 2. The lowest BCUT2D eigenvalue weighted by Crippen LogP contribution is -2.34. The van der Waals surface area contributed by atoms with Crippen molar-refractivity contribution in [3.63, 3.8) is 0 Å². The van der Waals surface area contributed by atoms with Gasteiger partial charge in [-0.05, 0) is 6.07 Å². The first kappa shape index (κ1) is 13.8. The Morgan fingerprint density at radius 3 is 2.89 bits per heavy atom. The van der Waals surface area contributed by atoms with Gasteiger partial charge >= 0.3 is 5.97 Å². The van der Waals surface area contributed by atoms with E-state index in [1.165, 1.54) is 18.4 Å². The van der Waals surface area contributed by atoms with Gasteiger partial charge in [-0.2, -0.15) is 0 Å². The predicted octanol–water partition coefficient (Wildman–Crippen LogP) is 2.41. The zero-order chi connectivity index (χ0) is 13.8. The van der Waals surface area contributed by atoms with Gasteiger partial charge in [-0.25, -0.2) is 0 Å². The molecule has 0 spiro atoms. The summed E-state index contributed by atoms with van der Waals surface area (Å²) in [6.07, 6.45) is 0. The van der Waals surface area contributed by atoms with E-state index in [4.69, 9.17) is 11.6 Å². The highest BCUT2D eigenvalue weighted by Crippen LogP contribution is 2.25. The highest BCUT2D eigenvalue weighted by atomic mass is 35.5. The number of hydrogen-bond donors (Lipinski definition) is 1. The fourth-order valence-electron chi connectivity index (χ4n) is 1.64. The molecule has 1 atom stereocenters. The highest BCUT2D eigenvalue weighted by Gasteiger charge is 2.18. The standard InChI is InChI=1S/C13H12ClNO3S/c1-18-13(17)10(14)6-15-12(16)9-7-19-11-5-3-2-4-8(9)11/h2-5,7,10H,6H2,1H3,(H,15,16). The number of rotatable bonds is 4. The number of thiophene rings is 1. The van der Waals surface area contributed by atoms with Crippen molar-refractivity contribution >= 4 is 44.9 Å². The lowest BCUT2D eigenvalue weighted by Gasteiger charge is -2.08. The second-order valence-corrected chi connectivity index (χ2v) is 5.28. The van der Waals surface area contributed by atoms with Crippen LogP contribution in [0, 0.1) is 0 Å². The van der Waals surface area contributed by atoms with Crippen molar-refractivity contribution in [2.75, 3.05) is 13.7 Å². The van der Waals surface area contributed by atoms with Crippen molar-refractivity contribution < 1.29 is 14.3 Å². The molecule has 1 N–H and O–H groups in total. The molecule has 19 heavy (non-hydrogen) atoms. The molecule has 4 nitrogen and oxygen atoms in total. The quantitative estimate of drug-likeness (QED) is 0.696. The first-order chi connectivity index (χ1) is 9.13. The second kappa shape index (κ2) is 6.04. The maximum absolute atomic E-state index is 12.0. The van der Waals surface area contributed by atoms with Gasteiger partial charge in [-0.3, -0.25) is 9.59 Å². The molecule has 0 aliphatic rings. The Balaban J connectivity index is 2.06. The van der Waals surface area contributed by atoms with Gasteiger partial charge < -0.3 is 10.1 Å². The first-order valence-electron chi connectivity index (χ1n) is 5.60. The van der Waals surface area contributed by atoms with E-state index in [0.29, 0.717) is 5.56 Å². The van der Waals surface area contributed by atoms with Crippen molar-refractivity contribution in [3.8, 4) is 0 Å². The molecule has 1 aromatic carbocycles. The van der Waals surface area contributed by atoms with Crippen molar-refractivity contribution in [1.82, 2.24) is 5.32 Å². The minimum atomic E-state index is -0.876. The molecule has 0 fully saturated rings. The number of carbonyl (C=O) groups excluding carboxylic acids is 2. The van der Waals surface area contributed by atoms with Gasteiger partial charge in [-0.15, -0.1) is 22.9 Å². The van der Waals surface area contributed by atoms with E-state index in [0.717, 1.165) is 10.1 Å². The van der Waals surface area contributed by atoms with Crippen LogP contribution in [0.15, 0.2) is 29.6 Å². The Kier molecular flexibility index (Phi) is 4.39. The number of methoxy groups -OCH3 is 1. The van der Waals surface area contributed by atoms with E-state index in [1.54, 1.807) is 5.38 Å². The van der Waals surface area contributed by atoms with Crippen LogP contribution in [0.3, 0.4) is 0 Å². The maximum Gasteiger partial charge on any atom is 0.325 e. The Bertz CT molecular complexity index is 611. The summed E-state index contributed by atoms with van der Waals surface area (Å²) >= 11 is 7.27. The molecule has 0 saturated carbocycles. The molecule has 2 rings (SSSR count). The highest BCUT2D eigenvalue weighted by molar-refractivity contribution is 7.17. The Morgan fingerprint density at radius 1 is 1.42 bits per heavy atom. The van der Waals surface area contributed by atoms with Crippen molar-refractivity contribution in [2.24, 2.45) is 0 Å². The molecule has 6 heteroatoms. The van der Waals surface area contributed by atoms with Crippen LogP contribution in [0.1, 0.15) is 10.4 Å². The van der Waals surface area contributed by atoms with E-state index in [1.807, 2.05) is 24.3 Å². The van der Waals surface area contributed by atoms with Crippen LogP contribution >= 0.6 is 22.9 Å². The lowest BCUT2D eigenvalue weighted by molar-refractivity contribution is -0.140. The molecule has 0 saturated heterocycles. The van der Waals surface area contributed by atoms with E-state index < -0.39 is 11.3 Å². The van der Waals surface area contributed by atoms with Crippen molar-refractivity contribution in [1.29, 1.82) is 0 Å². The molecular weight excluding hydrogens is 286 g/mol. The third-order valence-corrected chi connectivity index (χ3v) is 3.92. The maximum atomic E-state index is 12.0. The molecule has 0 aliphatic heterocycles. The molecule has 0 radical (unpaired) electrons. The van der Waals surface area contributed by atoms with Crippen molar-refractivity contribution in [2.45, 2.75) is 5.38 Å². The number of ether oxygens (including phenoxy) is 1. The minimum Gasteiger partial charge on any atom is -0.468 e. The summed E-state index contributed by atoms with van der Waals surface area (Å²) in [5, 5.41) is 4.44. The molecule has 2 aromatic rings. The zero-order valence-corrected chi connectivity index (χ0v) is 11.8. The van der Waals surface area contributed by atoms with E-state index in [9.17, 15) is 9.59 Å². The number of benzene rings is 1. The van der Waals surface area contributed by atoms with Gasteiger partial charge in [0.15, 0.2) is 0 Å². The normalized spacial score (nSPS) is 12.1. The molecular formula is C13H12ClNO3S. The summed E-state index contributed by atoms with van der Waals surface area (Å²) in [6, 6.07) is 7.64. The van der Waals surface area contributed by atoms with Gasteiger partial charge in [0.05, 0.1) is 12.7 Å². The fourth-order valence-corrected chi connectivity index (χ4v) is 2.75. The van der Waals surface area contributed by atoms with Gasteiger partial charge in [-0.1, -0.05) is 18.2 Å². The molecule has 1 amide bonds. The van der Waals surface area contributed by atoms with Crippen LogP contribution < -0.4 is 5.32 Å². The predicted molar refractivity (Wildman–Crippen MR) is 75.8 cm³/mol. The second-order valence-electron chi connectivity index (χ2n) is 3.85.